The minimum atomic E-state index is -3.61. The van der Waals surface area contributed by atoms with Crippen LogP contribution >= 0.6 is 0 Å². The first-order valence-electron chi connectivity index (χ1n) is 10.9. The van der Waals surface area contributed by atoms with Gasteiger partial charge in [-0.25, -0.2) is 13.2 Å². The maximum atomic E-state index is 13.2. The van der Waals surface area contributed by atoms with Crippen molar-refractivity contribution in [2.45, 2.75) is 50.5 Å². The molecule has 1 atom stereocenters. The summed E-state index contributed by atoms with van der Waals surface area (Å²) in [6.07, 6.45) is 1.63. The summed E-state index contributed by atoms with van der Waals surface area (Å²) in [5.41, 5.74) is -0.561. The second-order valence-electron chi connectivity index (χ2n) is 9.16. The number of hydrogen-bond acceptors (Lipinski definition) is 5. The third kappa shape index (κ3) is 5.98. The Hall–Kier alpha value is -2.13. The molecule has 8 nitrogen and oxygen atoms in total. The normalized spacial score (nSPS) is 21.5. The molecule has 2 aliphatic rings. The molecule has 3 rings (SSSR count). The number of piperidine rings is 1. The maximum Gasteiger partial charge on any atom is 0.410 e. The number of amides is 2. The lowest BCUT2D eigenvalue weighted by atomic mass is 9.98. The number of benzene rings is 1. The molecule has 31 heavy (non-hydrogen) atoms. The van der Waals surface area contributed by atoms with E-state index in [0.717, 1.165) is 0 Å². The zero-order chi connectivity index (χ0) is 22.6. The fraction of sp³-hybridized carbons (Fsp3) is 0.636. The number of ether oxygens (including phenoxy) is 1. The quantitative estimate of drug-likeness (QED) is 0.705. The van der Waals surface area contributed by atoms with Crippen molar-refractivity contribution in [1.82, 2.24) is 14.1 Å². The standard InChI is InChI=1S/C22H33N3O5S/c1-22(2,3)30-21(27)24-13-8-12-23(15-16-24)20(26)18-9-7-14-25(17-18)31(28,29)19-10-5-4-6-11-19/h4-6,10-11,18H,7-9,12-17H2,1-3H3. The van der Waals surface area contributed by atoms with Crippen LogP contribution in [0.2, 0.25) is 0 Å². The first-order valence-corrected chi connectivity index (χ1v) is 12.3. The molecule has 0 aliphatic carbocycles. The van der Waals surface area contributed by atoms with E-state index in [9.17, 15) is 18.0 Å². The van der Waals surface area contributed by atoms with E-state index in [0.29, 0.717) is 52.0 Å². The average molecular weight is 452 g/mol. The molecule has 172 valence electrons. The lowest BCUT2D eigenvalue weighted by Crippen LogP contribution is -2.47. The largest absolute Gasteiger partial charge is 0.444 e. The summed E-state index contributed by atoms with van der Waals surface area (Å²) in [5.74, 6) is -0.390. The molecule has 0 radical (unpaired) electrons. The lowest BCUT2D eigenvalue weighted by Gasteiger charge is -2.34. The molecular formula is C22H33N3O5S. The summed E-state index contributed by atoms with van der Waals surface area (Å²) in [6.45, 7) is 8.05. The smallest absolute Gasteiger partial charge is 0.410 e. The Bertz CT molecular complexity index is 882. The highest BCUT2D eigenvalue weighted by Gasteiger charge is 2.36. The van der Waals surface area contributed by atoms with Crippen LogP contribution in [0, 0.1) is 5.92 Å². The van der Waals surface area contributed by atoms with Gasteiger partial charge in [0.1, 0.15) is 5.60 Å². The van der Waals surface area contributed by atoms with Gasteiger partial charge in [-0.05, 0) is 52.2 Å². The molecule has 1 unspecified atom stereocenters. The van der Waals surface area contributed by atoms with Gasteiger partial charge in [-0.2, -0.15) is 4.31 Å². The van der Waals surface area contributed by atoms with Gasteiger partial charge in [0.05, 0.1) is 10.8 Å². The highest BCUT2D eigenvalue weighted by molar-refractivity contribution is 7.89. The van der Waals surface area contributed by atoms with E-state index in [1.165, 1.54) is 4.31 Å². The molecule has 2 fully saturated rings. The Balaban J connectivity index is 1.62. The molecule has 2 heterocycles. The third-order valence-corrected chi connectivity index (χ3v) is 7.45. The summed E-state index contributed by atoms with van der Waals surface area (Å²) < 4.78 is 32.8. The second-order valence-corrected chi connectivity index (χ2v) is 11.1. The van der Waals surface area contributed by atoms with Gasteiger partial charge in [0.15, 0.2) is 0 Å². The molecule has 0 aromatic heterocycles. The number of rotatable bonds is 3. The van der Waals surface area contributed by atoms with Gasteiger partial charge in [0.2, 0.25) is 15.9 Å². The van der Waals surface area contributed by atoms with Gasteiger partial charge in [-0.15, -0.1) is 0 Å². The Labute approximate surface area is 185 Å². The van der Waals surface area contributed by atoms with E-state index in [4.69, 9.17) is 4.74 Å². The monoisotopic (exact) mass is 451 g/mol. The van der Waals surface area contributed by atoms with Crippen LogP contribution in [-0.4, -0.2) is 79.4 Å². The average Bonchev–Trinajstić information content (AvgIpc) is 2.99. The van der Waals surface area contributed by atoms with E-state index in [1.807, 2.05) is 20.8 Å². The second kappa shape index (κ2) is 9.56. The van der Waals surface area contributed by atoms with Gasteiger partial charge in [0.25, 0.3) is 0 Å². The molecule has 0 spiro atoms. The SMILES string of the molecule is CC(C)(C)OC(=O)N1CCCN(C(=O)C2CCCN(S(=O)(=O)c3ccccc3)C2)CC1. The third-order valence-electron chi connectivity index (χ3n) is 5.57. The summed E-state index contributed by atoms with van der Waals surface area (Å²) in [5, 5.41) is 0. The van der Waals surface area contributed by atoms with Crippen molar-refractivity contribution in [2.24, 2.45) is 5.92 Å². The molecule has 0 N–H and O–H groups in total. The van der Waals surface area contributed by atoms with Crippen molar-refractivity contribution in [1.29, 1.82) is 0 Å². The van der Waals surface area contributed by atoms with Crippen molar-refractivity contribution >= 4 is 22.0 Å². The molecule has 2 saturated heterocycles. The number of carbonyl (C=O) groups excluding carboxylic acids is 2. The number of carbonyl (C=O) groups is 2. The van der Waals surface area contributed by atoms with Crippen molar-refractivity contribution in [3.63, 3.8) is 0 Å². The predicted molar refractivity (Wildman–Crippen MR) is 117 cm³/mol. The van der Waals surface area contributed by atoms with Crippen LogP contribution in [-0.2, 0) is 19.6 Å². The first-order chi connectivity index (χ1) is 14.6. The molecule has 2 amide bonds. The molecule has 0 bridgehead atoms. The van der Waals surface area contributed by atoms with Gasteiger partial charge >= 0.3 is 6.09 Å². The van der Waals surface area contributed by atoms with Crippen LogP contribution in [0.3, 0.4) is 0 Å². The van der Waals surface area contributed by atoms with Crippen LogP contribution in [0.4, 0.5) is 4.79 Å². The van der Waals surface area contributed by atoms with E-state index in [2.05, 4.69) is 0 Å². The molecule has 2 aliphatic heterocycles. The fourth-order valence-electron chi connectivity index (χ4n) is 4.01. The van der Waals surface area contributed by atoms with Crippen LogP contribution in [0.15, 0.2) is 35.2 Å². The van der Waals surface area contributed by atoms with Crippen LogP contribution < -0.4 is 0 Å². The van der Waals surface area contributed by atoms with Crippen LogP contribution in [0.25, 0.3) is 0 Å². The lowest BCUT2D eigenvalue weighted by molar-refractivity contribution is -0.136. The topological polar surface area (TPSA) is 87.2 Å². The molecule has 9 heteroatoms. The number of nitrogens with zero attached hydrogens (tertiary/aromatic N) is 3. The predicted octanol–water partition coefficient (Wildman–Crippen LogP) is 2.56. The van der Waals surface area contributed by atoms with Crippen molar-refractivity contribution in [2.75, 3.05) is 39.3 Å². The number of hydrogen-bond donors (Lipinski definition) is 0. The van der Waals surface area contributed by atoms with Gasteiger partial charge in [0, 0.05) is 39.3 Å². The Morgan fingerprint density at radius 1 is 0.935 bits per heavy atom. The fourth-order valence-corrected chi connectivity index (χ4v) is 5.55. The summed E-state index contributed by atoms with van der Waals surface area (Å²) in [7, 11) is -3.61. The van der Waals surface area contributed by atoms with Crippen LogP contribution in [0.1, 0.15) is 40.0 Å². The van der Waals surface area contributed by atoms with Crippen molar-refractivity contribution in [3.05, 3.63) is 30.3 Å². The molecule has 1 aromatic carbocycles. The highest BCUT2D eigenvalue weighted by Crippen LogP contribution is 2.25. The van der Waals surface area contributed by atoms with Crippen molar-refractivity contribution in [3.8, 4) is 0 Å². The van der Waals surface area contributed by atoms with E-state index < -0.39 is 15.6 Å². The number of sulfonamides is 1. The van der Waals surface area contributed by atoms with Crippen molar-refractivity contribution < 1.29 is 22.7 Å². The molecule has 0 saturated carbocycles. The Morgan fingerprint density at radius 2 is 1.58 bits per heavy atom. The zero-order valence-electron chi connectivity index (χ0n) is 18.6. The maximum absolute atomic E-state index is 13.2. The molecule has 1 aromatic rings. The van der Waals surface area contributed by atoms with E-state index in [1.54, 1.807) is 40.1 Å². The van der Waals surface area contributed by atoms with E-state index in [-0.39, 0.29) is 29.4 Å². The minimum absolute atomic E-state index is 0.0287. The summed E-state index contributed by atoms with van der Waals surface area (Å²) in [4.78, 5) is 29.2. The Kier molecular flexibility index (Phi) is 7.26. The molecular weight excluding hydrogens is 418 g/mol. The Morgan fingerprint density at radius 3 is 2.26 bits per heavy atom. The summed E-state index contributed by atoms with van der Waals surface area (Å²) >= 11 is 0. The van der Waals surface area contributed by atoms with Gasteiger partial charge in [-0.3, -0.25) is 4.79 Å². The zero-order valence-corrected chi connectivity index (χ0v) is 19.4. The van der Waals surface area contributed by atoms with Gasteiger partial charge < -0.3 is 14.5 Å². The first kappa shape index (κ1) is 23.5. The van der Waals surface area contributed by atoms with Crippen LogP contribution in [0.5, 0.6) is 0 Å². The summed E-state index contributed by atoms with van der Waals surface area (Å²) in [6, 6.07) is 8.35. The van der Waals surface area contributed by atoms with E-state index >= 15 is 0 Å². The minimum Gasteiger partial charge on any atom is -0.444 e. The highest BCUT2D eigenvalue weighted by atomic mass is 32.2. The van der Waals surface area contributed by atoms with Gasteiger partial charge in [-0.1, -0.05) is 18.2 Å².